The zero-order chi connectivity index (χ0) is 28.5. The molecule has 1 aromatic heterocycles. The van der Waals surface area contributed by atoms with Crippen LogP contribution in [0.1, 0.15) is 38.4 Å². The topological polar surface area (TPSA) is 84.0 Å². The summed E-state index contributed by atoms with van der Waals surface area (Å²) < 4.78 is 39.0. The number of alkyl halides is 1. The van der Waals surface area contributed by atoms with Crippen LogP contribution in [0.15, 0.2) is 53.7 Å². The molecule has 0 spiro atoms. The lowest BCUT2D eigenvalue weighted by Gasteiger charge is -2.15. The van der Waals surface area contributed by atoms with E-state index in [2.05, 4.69) is 58.2 Å². The Bertz CT molecular complexity index is 970. The fraction of sp³-hybridized carbons (Fsp3) is 0.500. The minimum Gasteiger partial charge on any atom is -0.501 e. The number of fused-ring (bicyclic) bond motifs is 1. The molecule has 3 rings (SSSR count). The van der Waals surface area contributed by atoms with Crippen molar-refractivity contribution in [1.29, 1.82) is 0 Å². The maximum Gasteiger partial charge on any atom is 0.150 e. The summed E-state index contributed by atoms with van der Waals surface area (Å²) in [7, 11) is 3.80. The van der Waals surface area contributed by atoms with Gasteiger partial charge in [0.2, 0.25) is 0 Å². The zero-order valence-corrected chi connectivity index (χ0v) is 24.8. The summed E-state index contributed by atoms with van der Waals surface area (Å²) in [5, 5.41) is 3.36. The Hall–Kier alpha value is -2.53. The Labute approximate surface area is 234 Å². The lowest BCUT2D eigenvalue weighted by molar-refractivity contribution is -0.0190. The molecular formula is C28H41BrFN3O5. The van der Waals surface area contributed by atoms with E-state index >= 15 is 0 Å². The standard InChI is InChI=1S/C25H34BrN3O5.C2H4.CH3F/c1-6-16(2)19(26)8-7-10-27-25-18(12-17(3)30-4)20(28-15-29-25)9-11-32-22-14-34-23-21(31-5)13-33-24(22)23;2*1-2/h7-9,11-12,15,21-24H,6,10,13-14H2,1-5H3,(H,27,28,29);1-2H2;1H3/b8-7-,11-9+,17-12+,19-16+;;/t21?,22?,23-,24?;;/m1../s1. The molecule has 2 saturated heterocycles. The molecule has 3 heterocycles. The highest BCUT2D eigenvalue weighted by atomic mass is 79.9. The SMILES string of the molecule is C=C.CC/C(C)=C(Br)\C=C/CNc1ncnc(/C=C/OC2CO[C@@H]3C(OC)COC23)c1/C=C(\C)OC.CF. The maximum atomic E-state index is 9.50. The molecule has 3 unspecified atom stereocenters. The summed E-state index contributed by atoms with van der Waals surface area (Å²) in [6.07, 6.45) is 11.5. The van der Waals surface area contributed by atoms with E-state index in [0.29, 0.717) is 38.4 Å². The van der Waals surface area contributed by atoms with Gasteiger partial charge in [0.05, 0.1) is 45.2 Å². The van der Waals surface area contributed by atoms with E-state index in [9.17, 15) is 4.39 Å². The van der Waals surface area contributed by atoms with Gasteiger partial charge in [-0.2, -0.15) is 0 Å². The fourth-order valence-corrected chi connectivity index (χ4v) is 4.14. The summed E-state index contributed by atoms with van der Waals surface area (Å²) in [6.45, 7) is 13.7. The van der Waals surface area contributed by atoms with Crippen LogP contribution in [0.3, 0.4) is 0 Å². The molecule has 0 amide bonds. The Kier molecular flexibility index (Phi) is 16.5. The second-order valence-electron chi connectivity index (χ2n) is 8.09. The molecule has 0 saturated carbocycles. The highest BCUT2D eigenvalue weighted by molar-refractivity contribution is 9.11. The highest BCUT2D eigenvalue weighted by Crippen LogP contribution is 2.30. The van der Waals surface area contributed by atoms with E-state index in [1.807, 2.05) is 31.2 Å². The third kappa shape index (κ3) is 9.65. The number of rotatable bonds is 11. The van der Waals surface area contributed by atoms with Crippen LogP contribution in [0.5, 0.6) is 0 Å². The van der Waals surface area contributed by atoms with E-state index in [4.69, 9.17) is 23.7 Å². The third-order valence-electron chi connectivity index (χ3n) is 5.92. The van der Waals surface area contributed by atoms with Crippen molar-refractivity contribution in [3.8, 4) is 0 Å². The molecule has 1 aromatic rings. The van der Waals surface area contributed by atoms with E-state index < -0.39 is 0 Å². The van der Waals surface area contributed by atoms with E-state index in [-0.39, 0.29) is 24.4 Å². The first kappa shape index (κ1) is 33.5. The van der Waals surface area contributed by atoms with Crippen LogP contribution in [0.4, 0.5) is 10.2 Å². The van der Waals surface area contributed by atoms with Gasteiger partial charge in [0.25, 0.3) is 0 Å². The van der Waals surface area contributed by atoms with Crippen LogP contribution in [0.2, 0.25) is 0 Å². The van der Waals surface area contributed by atoms with Crippen molar-refractivity contribution in [2.45, 2.75) is 51.6 Å². The Balaban J connectivity index is 0.00000172. The number of nitrogens with one attached hydrogen (secondary N) is 1. The van der Waals surface area contributed by atoms with Gasteiger partial charge in [-0.1, -0.05) is 40.6 Å². The van der Waals surface area contributed by atoms with Crippen molar-refractivity contribution in [2.75, 3.05) is 46.5 Å². The molecule has 0 aromatic carbocycles. The number of methoxy groups -OCH3 is 2. The van der Waals surface area contributed by atoms with Gasteiger partial charge >= 0.3 is 0 Å². The van der Waals surface area contributed by atoms with Crippen molar-refractivity contribution in [2.24, 2.45) is 0 Å². The van der Waals surface area contributed by atoms with Crippen LogP contribution in [-0.4, -0.2) is 75.5 Å². The number of nitrogens with zero attached hydrogens (tertiary/aromatic N) is 2. The van der Waals surface area contributed by atoms with Crippen molar-refractivity contribution in [3.63, 3.8) is 0 Å². The molecule has 38 heavy (non-hydrogen) atoms. The Morgan fingerprint density at radius 3 is 2.45 bits per heavy atom. The van der Waals surface area contributed by atoms with Crippen LogP contribution < -0.4 is 5.32 Å². The van der Waals surface area contributed by atoms with Crippen molar-refractivity contribution in [1.82, 2.24) is 9.97 Å². The van der Waals surface area contributed by atoms with Gasteiger partial charge in [-0.05, 0) is 32.4 Å². The molecule has 212 valence electrons. The van der Waals surface area contributed by atoms with Gasteiger partial charge in [-0.25, -0.2) is 9.97 Å². The predicted octanol–water partition coefficient (Wildman–Crippen LogP) is 6.09. The molecule has 0 aliphatic carbocycles. The smallest absolute Gasteiger partial charge is 0.150 e. The number of anilines is 1. The minimum absolute atomic E-state index is 0.0529. The van der Waals surface area contributed by atoms with Crippen LogP contribution >= 0.6 is 15.9 Å². The van der Waals surface area contributed by atoms with Gasteiger partial charge < -0.3 is 29.0 Å². The molecule has 1 N–H and O–H groups in total. The van der Waals surface area contributed by atoms with Gasteiger partial charge in [0, 0.05) is 23.7 Å². The second-order valence-corrected chi connectivity index (χ2v) is 8.95. The van der Waals surface area contributed by atoms with Gasteiger partial charge in [0.1, 0.15) is 36.6 Å². The first-order chi connectivity index (χ1) is 18.5. The molecule has 0 radical (unpaired) electrons. The van der Waals surface area contributed by atoms with Gasteiger partial charge in [-0.3, -0.25) is 4.39 Å². The third-order valence-corrected chi connectivity index (χ3v) is 6.86. The summed E-state index contributed by atoms with van der Waals surface area (Å²) in [6, 6.07) is 0. The van der Waals surface area contributed by atoms with Crippen molar-refractivity contribution in [3.05, 3.63) is 65.0 Å². The van der Waals surface area contributed by atoms with E-state index in [0.717, 1.165) is 22.2 Å². The van der Waals surface area contributed by atoms with Crippen LogP contribution in [0, 0.1) is 0 Å². The van der Waals surface area contributed by atoms with Crippen LogP contribution in [-0.2, 0) is 23.7 Å². The normalized spacial score (nSPS) is 23.2. The quantitative estimate of drug-likeness (QED) is 0.186. The maximum absolute atomic E-state index is 9.50. The van der Waals surface area contributed by atoms with Gasteiger partial charge in [-0.15, -0.1) is 13.2 Å². The number of halogens is 2. The summed E-state index contributed by atoms with van der Waals surface area (Å²) in [5.74, 6) is 1.44. The number of hydrogen-bond donors (Lipinski definition) is 1. The Morgan fingerprint density at radius 2 is 1.82 bits per heavy atom. The number of allylic oxidation sites excluding steroid dienone is 4. The first-order valence-corrected chi connectivity index (χ1v) is 13.1. The van der Waals surface area contributed by atoms with Crippen molar-refractivity contribution >= 4 is 33.9 Å². The molecule has 0 bridgehead atoms. The second kappa shape index (κ2) is 18.7. The molecule has 2 aliphatic rings. The zero-order valence-electron chi connectivity index (χ0n) is 23.2. The molecule has 2 aliphatic heterocycles. The van der Waals surface area contributed by atoms with Crippen molar-refractivity contribution < 1.29 is 28.1 Å². The largest absolute Gasteiger partial charge is 0.501 e. The average molecular weight is 599 g/mol. The fourth-order valence-electron chi connectivity index (χ4n) is 3.67. The molecule has 8 nitrogen and oxygen atoms in total. The predicted molar refractivity (Wildman–Crippen MR) is 155 cm³/mol. The lowest BCUT2D eigenvalue weighted by Crippen LogP contribution is -2.32. The number of hydrogen-bond acceptors (Lipinski definition) is 8. The minimum atomic E-state index is -0.191. The van der Waals surface area contributed by atoms with E-state index in [1.54, 1.807) is 20.5 Å². The highest BCUT2D eigenvalue weighted by Gasteiger charge is 2.48. The molecule has 2 fully saturated rings. The van der Waals surface area contributed by atoms with Crippen LogP contribution in [0.25, 0.3) is 12.2 Å². The lowest BCUT2D eigenvalue weighted by atomic mass is 10.1. The summed E-state index contributed by atoms with van der Waals surface area (Å²) in [5.41, 5.74) is 2.81. The Morgan fingerprint density at radius 1 is 1.16 bits per heavy atom. The van der Waals surface area contributed by atoms with Gasteiger partial charge in [0.15, 0.2) is 0 Å². The summed E-state index contributed by atoms with van der Waals surface area (Å²) >= 11 is 3.60. The molecule has 4 atom stereocenters. The van der Waals surface area contributed by atoms with E-state index in [1.165, 1.54) is 11.9 Å². The molecule has 10 heteroatoms. The average Bonchev–Trinajstić information content (AvgIpc) is 3.56. The summed E-state index contributed by atoms with van der Waals surface area (Å²) in [4.78, 5) is 8.87. The first-order valence-electron chi connectivity index (χ1n) is 12.3. The number of aromatic nitrogens is 2. The monoisotopic (exact) mass is 597 g/mol. The molecular weight excluding hydrogens is 557 g/mol. The number of ether oxygens (including phenoxy) is 5.